The minimum Gasteiger partial charge on any atom is -0.381 e. The van der Waals surface area contributed by atoms with Crippen LogP contribution in [0.15, 0.2) is 24.3 Å². The van der Waals surface area contributed by atoms with Crippen molar-refractivity contribution in [1.82, 2.24) is 5.32 Å². The third-order valence-corrected chi connectivity index (χ3v) is 3.35. The summed E-state index contributed by atoms with van der Waals surface area (Å²) in [7, 11) is 0. The summed E-state index contributed by atoms with van der Waals surface area (Å²) in [6.07, 6.45) is 1.08. The molecule has 1 rings (SSSR count). The first-order chi connectivity index (χ1) is 9.49. The van der Waals surface area contributed by atoms with E-state index < -0.39 is 0 Å². The molecular formula is C18H31NO. The van der Waals surface area contributed by atoms with E-state index in [-0.39, 0.29) is 0 Å². The minimum atomic E-state index is 0.527. The van der Waals surface area contributed by atoms with Crippen molar-refractivity contribution >= 4 is 0 Å². The van der Waals surface area contributed by atoms with Crippen LogP contribution in [0.5, 0.6) is 0 Å². The van der Waals surface area contributed by atoms with Crippen molar-refractivity contribution in [3.63, 3.8) is 0 Å². The maximum atomic E-state index is 5.76. The van der Waals surface area contributed by atoms with Gasteiger partial charge in [-0.05, 0) is 30.7 Å². The highest BCUT2D eigenvalue weighted by Gasteiger charge is 2.12. The number of hydrogen-bond donors (Lipinski definition) is 1. The Labute approximate surface area is 124 Å². The third-order valence-electron chi connectivity index (χ3n) is 3.35. The lowest BCUT2D eigenvalue weighted by Crippen LogP contribution is -2.28. The molecule has 1 atom stereocenters. The molecule has 0 aliphatic carbocycles. The Bertz CT molecular complexity index is 373. The van der Waals surface area contributed by atoms with Gasteiger partial charge in [-0.25, -0.2) is 0 Å². The second-order valence-electron chi connectivity index (χ2n) is 6.43. The van der Waals surface area contributed by atoms with Crippen LogP contribution >= 0.6 is 0 Å². The molecule has 0 fully saturated rings. The fourth-order valence-corrected chi connectivity index (χ4v) is 2.23. The zero-order valence-corrected chi connectivity index (χ0v) is 13.8. The van der Waals surface area contributed by atoms with Crippen molar-refractivity contribution in [2.24, 2.45) is 5.92 Å². The lowest BCUT2D eigenvalue weighted by molar-refractivity contribution is 0.103. The quantitative estimate of drug-likeness (QED) is 0.685. The Morgan fingerprint density at radius 1 is 1.15 bits per heavy atom. The van der Waals surface area contributed by atoms with Crippen LogP contribution in [0, 0.1) is 12.8 Å². The van der Waals surface area contributed by atoms with Gasteiger partial charge < -0.3 is 10.1 Å². The van der Waals surface area contributed by atoms with Gasteiger partial charge in [0, 0.05) is 25.8 Å². The highest BCUT2D eigenvalue weighted by molar-refractivity contribution is 5.25. The minimum absolute atomic E-state index is 0.527. The van der Waals surface area contributed by atoms with Crippen LogP contribution in [-0.4, -0.2) is 25.8 Å². The van der Waals surface area contributed by atoms with Crippen molar-refractivity contribution in [2.45, 2.75) is 53.0 Å². The smallest absolute Gasteiger partial charge is 0.0488 e. The lowest BCUT2D eigenvalue weighted by atomic mass is 9.94. The van der Waals surface area contributed by atoms with E-state index >= 15 is 0 Å². The van der Waals surface area contributed by atoms with E-state index in [2.05, 4.69) is 64.2 Å². The Morgan fingerprint density at radius 3 is 2.50 bits per heavy atom. The standard InChI is InChI=1S/C18H31NO/c1-14(2)13-20-10-9-18(12-19-15(3)4)17-8-6-7-16(5)11-17/h6-8,11,14-15,18-19H,9-10,12-13H2,1-5H3. The predicted molar refractivity (Wildman–Crippen MR) is 87.3 cm³/mol. The first-order valence-corrected chi connectivity index (χ1v) is 7.86. The average Bonchev–Trinajstić information content (AvgIpc) is 2.37. The van der Waals surface area contributed by atoms with Gasteiger partial charge in [-0.3, -0.25) is 0 Å². The largest absolute Gasteiger partial charge is 0.381 e. The molecule has 0 heterocycles. The molecular weight excluding hydrogens is 246 g/mol. The van der Waals surface area contributed by atoms with Crippen LogP contribution in [0.2, 0.25) is 0 Å². The lowest BCUT2D eigenvalue weighted by Gasteiger charge is -2.20. The van der Waals surface area contributed by atoms with Gasteiger partial charge in [0.25, 0.3) is 0 Å². The first kappa shape index (κ1) is 17.2. The van der Waals surface area contributed by atoms with Gasteiger partial charge in [0.05, 0.1) is 0 Å². The van der Waals surface area contributed by atoms with E-state index in [0.29, 0.717) is 17.9 Å². The number of aryl methyl sites for hydroxylation is 1. The van der Waals surface area contributed by atoms with Gasteiger partial charge in [-0.15, -0.1) is 0 Å². The van der Waals surface area contributed by atoms with Gasteiger partial charge in [0.15, 0.2) is 0 Å². The molecule has 0 aliphatic heterocycles. The number of hydrogen-bond acceptors (Lipinski definition) is 2. The van der Waals surface area contributed by atoms with Gasteiger partial charge in [-0.1, -0.05) is 57.5 Å². The van der Waals surface area contributed by atoms with Crippen LogP contribution in [0.4, 0.5) is 0 Å². The van der Waals surface area contributed by atoms with Crippen LogP contribution in [0.3, 0.4) is 0 Å². The maximum absolute atomic E-state index is 5.76. The molecule has 1 aromatic rings. The summed E-state index contributed by atoms with van der Waals surface area (Å²) < 4.78 is 5.76. The molecule has 114 valence electrons. The van der Waals surface area contributed by atoms with Crippen molar-refractivity contribution in [3.8, 4) is 0 Å². The van der Waals surface area contributed by atoms with Crippen LogP contribution in [0.1, 0.15) is 51.2 Å². The third kappa shape index (κ3) is 7.06. The molecule has 0 saturated carbocycles. The highest BCUT2D eigenvalue weighted by Crippen LogP contribution is 2.20. The van der Waals surface area contributed by atoms with Gasteiger partial charge in [0.2, 0.25) is 0 Å². The summed E-state index contributed by atoms with van der Waals surface area (Å²) in [6, 6.07) is 9.38. The monoisotopic (exact) mass is 277 g/mol. The summed E-state index contributed by atoms with van der Waals surface area (Å²) in [6.45, 7) is 13.7. The number of rotatable bonds is 9. The maximum Gasteiger partial charge on any atom is 0.0488 e. The van der Waals surface area contributed by atoms with E-state index in [9.17, 15) is 0 Å². The molecule has 0 saturated heterocycles. The summed E-state index contributed by atoms with van der Waals surface area (Å²) in [5.41, 5.74) is 2.76. The first-order valence-electron chi connectivity index (χ1n) is 7.86. The highest BCUT2D eigenvalue weighted by atomic mass is 16.5. The topological polar surface area (TPSA) is 21.3 Å². The molecule has 0 spiro atoms. The van der Waals surface area contributed by atoms with Crippen molar-refractivity contribution in [1.29, 1.82) is 0 Å². The molecule has 0 aromatic heterocycles. The molecule has 0 aliphatic rings. The van der Waals surface area contributed by atoms with Crippen molar-refractivity contribution < 1.29 is 4.74 Å². The van der Waals surface area contributed by atoms with Gasteiger partial charge >= 0.3 is 0 Å². The summed E-state index contributed by atoms with van der Waals surface area (Å²) in [5.74, 6) is 1.14. The van der Waals surface area contributed by atoms with E-state index in [0.717, 1.165) is 26.2 Å². The fourth-order valence-electron chi connectivity index (χ4n) is 2.23. The Balaban J connectivity index is 2.55. The number of ether oxygens (including phenoxy) is 1. The normalized spacial score (nSPS) is 13.2. The molecule has 0 amide bonds. The molecule has 0 bridgehead atoms. The van der Waals surface area contributed by atoms with Crippen LogP contribution in [-0.2, 0) is 4.74 Å². The average molecular weight is 277 g/mol. The molecule has 1 unspecified atom stereocenters. The number of nitrogens with one attached hydrogen (secondary N) is 1. The molecule has 0 radical (unpaired) electrons. The van der Waals surface area contributed by atoms with E-state index in [4.69, 9.17) is 4.74 Å². The van der Waals surface area contributed by atoms with E-state index in [1.54, 1.807) is 0 Å². The van der Waals surface area contributed by atoms with Crippen LogP contribution < -0.4 is 5.32 Å². The van der Waals surface area contributed by atoms with Crippen LogP contribution in [0.25, 0.3) is 0 Å². The van der Waals surface area contributed by atoms with Crippen molar-refractivity contribution in [3.05, 3.63) is 35.4 Å². The predicted octanol–water partition coefficient (Wildman–Crippen LogP) is 4.14. The second kappa shape index (κ2) is 9.15. The van der Waals surface area contributed by atoms with E-state index in [1.807, 2.05) is 0 Å². The second-order valence-corrected chi connectivity index (χ2v) is 6.43. The number of benzene rings is 1. The van der Waals surface area contributed by atoms with Gasteiger partial charge in [0.1, 0.15) is 0 Å². The fraction of sp³-hybridized carbons (Fsp3) is 0.667. The Kier molecular flexibility index (Phi) is 7.86. The summed E-state index contributed by atoms with van der Waals surface area (Å²) in [4.78, 5) is 0. The molecule has 2 nitrogen and oxygen atoms in total. The molecule has 20 heavy (non-hydrogen) atoms. The molecule has 2 heteroatoms. The SMILES string of the molecule is Cc1cccc(C(CCOCC(C)C)CNC(C)C)c1. The van der Waals surface area contributed by atoms with Crippen molar-refractivity contribution in [2.75, 3.05) is 19.8 Å². The summed E-state index contributed by atoms with van der Waals surface area (Å²) >= 11 is 0. The Hall–Kier alpha value is -0.860. The zero-order chi connectivity index (χ0) is 15.0. The summed E-state index contributed by atoms with van der Waals surface area (Å²) in [5, 5.41) is 3.56. The molecule has 1 aromatic carbocycles. The van der Waals surface area contributed by atoms with E-state index in [1.165, 1.54) is 11.1 Å². The molecule has 1 N–H and O–H groups in total. The zero-order valence-electron chi connectivity index (χ0n) is 13.8. The van der Waals surface area contributed by atoms with Gasteiger partial charge in [-0.2, -0.15) is 0 Å². The Morgan fingerprint density at radius 2 is 1.90 bits per heavy atom.